The van der Waals surface area contributed by atoms with Crippen LogP contribution in [0.2, 0.25) is 0 Å². The second kappa shape index (κ2) is 8.27. The third-order valence-electron chi connectivity index (χ3n) is 1.95. The predicted molar refractivity (Wildman–Crippen MR) is 60.0 cm³/mol. The molecule has 0 saturated heterocycles. The fourth-order valence-corrected chi connectivity index (χ4v) is 1.18. The molecule has 0 spiro atoms. The van der Waals surface area contributed by atoms with Gasteiger partial charge in [-0.2, -0.15) is 0 Å². The van der Waals surface area contributed by atoms with Gasteiger partial charge in [0.05, 0.1) is 19.3 Å². The molecule has 0 fully saturated rings. The maximum Gasteiger partial charge on any atom is 0.208 e. The summed E-state index contributed by atoms with van der Waals surface area (Å²) in [4.78, 5) is 4.14. The van der Waals surface area contributed by atoms with Crippen molar-refractivity contribution < 1.29 is 13.9 Å². The number of ether oxygens (including phenoxy) is 2. The minimum Gasteiger partial charge on any atom is -0.442 e. The monoisotopic (exact) mass is 228 g/mol. The molecule has 1 aromatic heterocycles. The van der Waals surface area contributed by atoms with Crippen LogP contribution in [-0.4, -0.2) is 31.9 Å². The van der Waals surface area contributed by atoms with E-state index in [1.54, 1.807) is 13.3 Å². The van der Waals surface area contributed by atoms with Crippen molar-refractivity contribution in [2.24, 2.45) is 0 Å². The SMILES string of the molecule is CCCOCc1cnc(CNCCOC)o1. The van der Waals surface area contributed by atoms with Gasteiger partial charge in [0.25, 0.3) is 0 Å². The van der Waals surface area contributed by atoms with E-state index in [-0.39, 0.29) is 0 Å². The Hall–Kier alpha value is -0.910. The maximum absolute atomic E-state index is 5.47. The smallest absolute Gasteiger partial charge is 0.208 e. The van der Waals surface area contributed by atoms with Crippen molar-refractivity contribution in [2.75, 3.05) is 26.9 Å². The lowest BCUT2D eigenvalue weighted by Gasteiger charge is -2.00. The van der Waals surface area contributed by atoms with E-state index in [4.69, 9.17) is 13.9 Å². The number of hydrogen-bond acceptors (Lipinski definition) is 5. The van der Waals surface area contributed by atoms with Gasteiger partial charge in [0, 0.05) is 20.3 Å². The summed E-state index contributed by atoms with van der Waals surface area (Å²) in [5, 5.41) is 3.16. The Morgan fingerprint density at radius 1 is 1.44 bits per heavy atom. The average Bonchev–Trinajstić information content (AvgIpc) is 2.73. The van der Waals surface area contributed by atoms with E-state index in [0.29, 0.717) is 25.6 Å². The van der Waals surface area contributed by atoms with E-state index in [1.807, 2.05) is 0 Å². The van der Waals surface area contributed by atoms with E-state index in [0.717, 1.165) is 25.3 Å². The summed E-state index contributed by atoms with van der Waals surface area (Å²) in [7, 11) is 1.68. The highest BCUT2D eigenvalue weighted by Gasteiger charge is 2.03. The van der Waals surface area contributed by atoms with Crippen LogP contribution in [-0.2, 0) is 22.6 Å². The summed E-state index contributed by atoms with van der Waals surface area (Å²) in [6.45, 7) is 5.43. The lowest BCUT2D eigenvalue weighted by molar-refractivity contribution is 0.105. The Labute approximate surface area is 96.1 Å². The molecule has 0 bridgehead atoms. The first kappa shape index (κ1) is 13.2. The molecule has 1 aromatic rings. The summed E-state index contributed by atoms with van der Waals surface area (Å²) in [5.41, 5.74) is 0. The van der Waals surface area contributed by atoms with Gasteiger partial charge in [-0.1, -0.05) is 6.92 Å². The van der Waals surface area contributed by atoms with Crippen LogP contribution in [0.1, 0.15) is 25.0 Å². The number of hydrogen-bond donors (Lipinski definition) is 1. The maximum atomic E-state index is 5.47. The minimum atomic E-state index is 0.499. The van der Waals surface area contributed by atoms with Crippen molar-refractivity contribution >= 4 is 0 Å². The molecule has 0 aliphatic rings. The largest absolute Gasteiger partial charge is 0.442 e. The van der Waals surface area contributed by atoms with Crippen molar-refractivity contribution in [1.82, 2.24) is 10.3 Å². The zero-order chi connectivity index (χ0) is 11.6. The number of rotatable bonds is 9. The third kappa shape index (κ3) is 5.25. The van der Waals surface area contributed by atoms with Crippen molar-refractivity contribution in [2.45, 2.75) is 26.5 Å². The molecule has 0 aliphatic carbocycles. The first-order valence-electron chi connectivity index (χ1n) is 5.57. The van der Waals surface area contributed by atoms with Gasteiger partial charge in [-0.3, -0.25) is 0 Å². The van der Waals surface area contributed by atoms with Crippen molar-refractivity contribution in [1.29, 1.82) is 0 Å². The summed E-state index contributed by atoms with van der Waals surface area (Å²) in [6.07, 6.45) is 2.72. The number of nitrogens with zero attached hydrogens (tertiary/aromatic N) is 1. The standard InChI is InChI=1S/C11H20N2O3/c1-3-5-15-9-10-7-13-11(16-10)8-12-4-6-14-2/h7,12H,3-6,8-9H2,1-2H3. The Morgan fingerprint density at radius 3 is 3.06 bits per heavy atom. The normalized spacial score (nSPS) is 10.9. The highest BCUT2D eigenvalue weighted by molar-refractivity contribution is 4.92. The molecule has 5 nitrogen and oxygen atoms in total. The van der Waals surface area contributed by atoms with E-state index < -0.39 is 0 Å². The third-order valence-corrected chi connectivity index (χ3v) is 1.95. The van der Waals surface area contributed by atoms with Gasteiger partial charge in [-0.15, -0.1) is 0 Å². The molecule has 0 radical (unpaired) electrons. The zero-order valence-electron chi connectivity index (χ0n) is 9.99. The Morgan fingerprint density at radius 2 is 2.31 bits per heavy atom. The lowest BCUT2D eigenvalue weighted by Crippen LogP contribution is -2.18. The van der Waals surface area contributed by atoms with Gasteiger partial charge in [-0.05, 0) is 6.42 Å². The van der Waals surface area contributed by atoms with Gasteiger partial charge < -0.3 is 19.2 Å². The zero-order valence-corrected chi connectivity index (χ0v) is 9.99. The fraction of sp³-hybridized carbons (Fsp3) is 0.727. The van der Waals surface area contributed by atoms with Crippen LogP contribution in [0.5, 0.6) is 0 Å². The molecule has 0 aromatic carbocycles. The van der Waals surface area contributed by atoms with Crippen LogP contribution in [0.3, 0.4) is 0 Å². The molecule has 1 heterocycles. The number of nitrogens with one attached hydrogen (secondary N) is 1. The average molecular weight is 228 g/mol. The molecule has 0 aliphatic heterocycles. The molecule has 5 heteroatoms. The van der Waals surface area contributed by atoms with Crippen LogP contribution in [0.25, 0.3) is 0 Å². The highest BCUT2D eigenvalue weighted by Crippen LogP contribution is 2.05. The second-order valence-corrected chi connectivity index (χ2v) is 3.44. The first-order chi connectivity index (χ1) is 7.86. The number of aromatic nitrogens is 1. The highest BCUT2D eigenvalue weighted by atomic mass is 16.5. The predicted octanol–water partition coefficient (Wildman–Crippen LogP) is 1.34. The quantitative estimate of drug-likeness (QED) is 0.646. The lowest BCUT2D eigenvalue weighted by atomic mass is 10.5. The summed E-state index contributed by atoms with van der Waals surface area (Å²) in [5.74, 6) is 1.46. The Bertz CT molecular complexity index is 276. The van der Waals surface area contributed by atoms with Crippen LogP contribution < -0.4 is 5.32 Å². The fourth-order valence-electron chi connectivity index (χ4n) is 1.18. The van der Waals surface area contributed by atoms with Crippen LogP contribution >= 0.6 is 0 Å². The molecular weight excluding hydrogens is 208 g/mol. The van der Waals surface area contributed by atoms with Gasteiger partial charge in [-0.25, -0.2) is 4.98 Å². The van der Waals surface area contributed by atoms with Gasteiger partial charge in [0.1, 0.15) is 12.4 Å². The molecule has 1 N–H and O–H groups in total. The van der Waals surface area contributed by atoms with E-state index in [1.165, 1.54) is 0 Å². The molecule has 0 amide bonds. The molecule has 0 atom stereocenters. The number of methoxy groups -OCH3 is 1. The number of oxazole rings is 1. The summed E-state index contributed by atoms with van der Waals surface area (Å²) < 4.78 is 15.7. The van der Waals surface area contributed by atoms with E-state index in [9.17, 15) is 0 Å². The molecular formula is C11H20N2O3. The molecule has 16 heavy (non-hydrogen) atoms. The Kier molecular flexibility index (Phi) is 6.80. The minimum absolute atomic E-state index is 0.499. The van der Waals surface area contributed by atoms with Gasteiger partial charge in [0.15, 0.2) is 0 Å². The van der Waals surface area contributed by atoms with Gasteiger partial charge >= 0.3 is 0 Å². The van der Waals surface area contributed by atoms with Gasteiger partial charge in [0.2, 0.25) is 5.89 Å². The van der Waals surface area contributed by atoms with Crippen molar-refractivity contribution in [3.63, 3.8) is 0 Å². The van der Waals surface area contributed by atoms with Crippen molar-refractivity contribution in [3.05, 3.63) is 17.8 Å². The second-order valence-electron chi connectivity index (χ2n) is 3.44. The molecule has 1 rings (SSSR count). The summed E-state index contributed by atoms with van der Waals surface area (Å²) >= 11 is 0. The van der Waals surface area contributed by atoms with Crippen molar-refractivity contribution in [3.8, 4) is 0 Å². The van der Waals surface area contributed by atoms with Crippen LogP contribution in [0.15, 0.2) is 10.6 Å². The molecule has 0 unspecified atom stereocenters. The van der Waals surface area contributed by atoms with Crippen LogP contribution in [0.4, 0.5) is 0 Å². The Balaban J connectivity index is 2.17. The summed E-state index contributed by atoms with van der Waals surface area (Å²) in [6, 6.07) is 0. The topological polar surface area (TPSA) is 56.5 Å². The van der Waals surface area contributed by atoms with E-state index in [2.05, 4.69) is 17.2 Å². The van der Waals surface area contributed by atoms with E-state index >= 15 is 0 Å². The first-order valence-corrected chi connectivity index (χ1v) is 5.57. The van der Waals surface area contributed by atoms with Crippen LogP contribution in [0, 0.1) is 0 Å². The molecule has 92 valence electrons. The molecule has 0 saturated carbocycles.